The highest BCUT2D eigenvalue weighted by Gasteiger charge is 2.27. The molecule has 0 fully saturated rings. The van der Waals surface area contributed by atoms with E-state index in [1.165, 1.54) is 0 Å². The molecule has 2 atom stereocenters. The summed E-state index contributed by atoms with van der Waals surface area (Å²) >= 11 is 0. The molecule has 1 amide bonds. The molecule has 5 nitrogen and oxygen atoms in total. The summed E-state index contributed by atoms with van der Waals surface area (Å²) in [6.07, 6.45) is 0.0467. The Hall–Kier alpha value is -1.10. The van der Waals surface area contributed by atoms with Crippen LogP contribution in [0.2, 0.25) is 0 Å². The number of hydrogen-bond acceptors (Lipinski definition) is 3. The van der Waals surface area contributed by atoms with Crippen LogP contribution in [0.3, 0.4) is 0 Å². The highest BCUT2D eigenvalue weighted by atomic mass is 16.4. The van der Waals surface area contributed by atoms with E-state index in [1.54, 1.807) is 6.92 Å². The first-order valence-electron chi connectivity index (χ1n) is 5.39. The number of hydrogen-bond donors (Lipinski definition) is 3. The van der Waals surface area contributed by atoms with Crippen LogP contribution in [-0.2, 0) is 9.59 Å². The fourth-order valence-electron chi connectivity index (χ4n) is 1.15. The van der Waals surface area contributed by atoms with Crippen molar-refractivity contribution in [3.8, 4) is 0 Å². The van der Waals surface area contributed by atoms with Crippen LogP contribution in [0.25, 0.3) is 0 Å². The molecule has 0 saturated heterocycles. The van der Waals surface area contributed by atoms with E-state index in [0.717, 1.165) is 0 Å². The maximum Gasteiger partial charge on any atom is 0.303 e. The second-order valence-corrected chi connectivity index (χ2v) is 5.29. The Morgan fingerprint density at radius 1 is 1.38 bits per heavy atom. The summed E-state index contributed by atoms with van der Waals surface area (Å²) in [5.41, 5.74) is 5.46. The van der Waals surface area contributed by atoms with E-state index in [2.05, 4.69) is 5.32 Å². The number of rotatable bonds is 5. The van der Waals surface area contributed by atoms with Gasteiger partial charge in [-0.1, -0.05) is 27.7 Å². The third-order valence-corrected chi connectivity index (χ3v) is 2.36. The standard InChI is InChI=1S/C11H22N2O3/c1-7(5-8(14)15)6-13-10(16)9(12)11(2,3)4/h7,9H,5-6,12H2,1-4H3,(H,13,16)(H,14,15)/t7?,9-/m0/s1. The summed E-state index contributed by atoms with van der Waals surface area (Å²) < 4.78 is 0. The van der Waals surface area contributed by atoms with Crippen molar-refractivity contribution >= 4 is 11.9 Å². The molecule has 0 aliphatic rings. The average Bonchev–Trinajstić information content (AvgIpc) is 2.10. The van der Waals surface area contributed by atoms with Gasteiger partial charge in [-0.25, -0.2) is 0 Å². The van der Waals surface area contributed by atoms with Crippen molar-refractivity contribution in [3.63, 3.8) is 0 Å². The van der Waals surface area contributed by atoms with Gasteiger partial charge in [-0.3, -0.25) is 9.59 Å². The van der Waals surface area contributed by atoms with Crippen LogP contribution in [0.5, 0.6) is 0 Å². The Morgan fingerprint density at radius 3 is 2.25 bits per heavy atom. The van der Waals surface area contributed by atoms with Crippen LogP contribution in [-0.4, -0.2) is 29.6 Å². The number of nitrogens with two attached hydrogens (primary N) is 1. The Bertz CT molecular complexity index is 258. The van der Waals surface area contributed by atoms with Crippen molar-refractivity contribution < 1.29 is 14.7 Å². The van der Waals surface area contributed by atoms with Gasteiger partial charge in [0.25, 0.3) is 0 Å². The number of aliphatic carboxylic acids is 1. The molecule has 0 rings (SSSR count). The molecule has 16 heavy (non-hydrogen) atoms. The lowest BCUT2D eigenvalue weighted by Gasteiger charge is -2.26. The number of carbonyl (C=O) groups excluding carboxylic acids is 1. The molecular weight excluding hydrogens is 208 g/mol. The van der Waals surface area contributed by atoms with Gasteiger partial charge in [-0.2, -0.15) is 0 Å². The summed E-state index contributed by atoms with van der Waals surface area (Å²) in [5.74, 6) is -1.18. The van der Waals surface area contributed by atoms with E-state index in [4.69, 9.17) is 10.8 Å². The van der Waals surface area contributed by atoms with Crippen LogP contribution in [0.1, 0.15) is 34.1 Å². The van der Waals surface area contributed by atoms with Crippen LogP contribution in [0.15, 0.2) is 0 Å². The monoisotopic (exact) mass is 230 g/mol. The van der Waals surface area contributed by atoms with Crippen molar-refractivity contribution in [1.29, 1.82) is 0 Å². The number of amides is 1. The maximum atomic E-state index is 11.6. The second kappa shape index (κ2) is 5.84. The Labute approximate surface area is 96.4 Å². The zero-order valence-electron chi connectivity index (χ0n) is 10.4. The Morgan fingerprint density at radius 2 is 1.88 bits per heavy atom. The molecule has 0 radical (unpaired) electrons. The van der Waals surface area contributed by atoms with E-state index >= 15 is 0 Å². The molecule has 0 heterocycles. The van der Waals surface area contributed by atoms with Gasteiger partial charge in [0.2, 0.25) is 5.91 Å². The van der Waals surface area contributed by atoms with Crippen LogP contribution in [0.4, 0.5) is 0 Å². The zero-order chi connectivity index (χ0) is 12.9. The molecule has 4 N–H and O–H groups in total. The maximum absolute atomic E-state index is 11.6. The van der Waals surface area contributed by atoms with Crippen molar-refractivity contribution in [2.75, 3.05) is 6.54 Å². The Kier molecular flexibility index (Phi) is 5.44. The van der Waals surface area contributed by atoms with Crippen molar-refractivity contribution in [2.24, 2.45) is 17.1 Å². The third-order valence-electron chi connectivity index (χ3n) is 2.36. The predicted octanol–water partition coefficient (Wildman–Crippen LogP) is 0.587. The van der Waals surface area contributed by atoms with E-state index in [1.807, 2.05) is 20.8 Å². The SMILES string of the molecule is CC(CNC(=O)[C@H](N)C(C)(C)C)CC(=O)O. The minimum absolute atomic E-state index is 0.0467. The summed E-state index contributed by atoms with van der Waals surface area (Å²) in [4.78, 5) is 22.0. The average molecular weight is 230 g/mol. The molecular formula is C11H22N2O3. The molecule has 0 spiro atoms. The quantitative estimate of drug-likeness (QED) is 0.644. The zero-order valence-corrected chi connectivity index (χ0v) is 10.4. The largest absolute Gasteiger partial charge is 0.481 e. The van der Waals surface area contributed by atoms with Gasteiger partial charge in [0.15, 0.2) is 0 Å². The number of carbonyl (C=O) groups is 2. The number of carboxylic acid groups (broad SMARTS) is 1. The lowest BCUT2D eigenvalue weighted by Crippen LogP contribution is -2.49. The minimum Gasteiger partial charge on any atom is -0.481 e. The molecule has 0 aromatic heterocycles. The van der Waals surface area contributed by atoms with E-state index < -0.39 is 12.0 Å². The van der Waals surface area contributed by atoms with E-state index in [0.29, 0.717) is 6.54 Å². The summed E-state index contributed by atoms with van der Waals surface area (Å²) in [6, 6.07) is -0.579. The highest BCUT2D eigenvalue weighted by Crippen LogP contribution is 2.17. The van der Waals surface area contributed by atoms with Gasteiger partial charge >= 0.3 is 5.97 Å². The lowest BCUT2D eigenvalue weighted by atomic mass is 9.87. The van der Waals surface area contributed by atoms with Crippen molar-refractivity contribution in [1.82, 2.24) is 5.32 Å². The van der Waals surface area contributed by atoms with Crippen LogP contribution < -0.4 is 11.1 Å². The normalized spacial score (nSPS) is 15.3. The molecule has 5 heteroatoms. The molecule has 1 unspecified atom stereocenters. The Balaban J connectivity index is 4.03. The third kappa shape index (κ3) is 5.70. The molecule has 94 valence electrons. The number of carboxylic acids is 1. The highest BCUT2D eigenvalue weighted by molar-refractivity contribution is 5.82. The lowest BCUT2D eigenvalue weighted by molar-refractivity contribution is -0.138. The van der Waals surface area contributed by atoms with Crippen LogP contribution >= 0.6 is 0 Å². The molecule has 0 aromatic rings. The van der Waals surface area contributed by atoms with Gasteiger partial charge in [0, 0.05) is 13.0 Å². The number of nitrogens with one attached hydrogen (secondary N) is 1. The fourth-order valence-corrected chi connectivity index (χ4v) is 1.15. The predicted molar refractivity (Wildman–Crippen MR) is 61.9 cm³/mol. The van der Waals surface area contributed by atoms with Crippen molar-refractivity contribution in [3.05, 3.63) is 0 Å². The van der Waals surface area contributed by atoms with Crippen molar-refractivity contribution in [2.45, 2.75) is 40.2 Å². The topological polar surface area (TPSA) is 92.4 Å². The van der Waals surface area contributed by atoms with Crippen LogP contribution in [0, 0.1) is 11.3 Å². The molecule has 0 aliphatic heterocycles. The first-order valence-corrected chi connectivity index (χ1v) is 5.39. The van der Waals surface area contributed by atoms with Gasteiger partial charge < -0.3 is 16.2 Å². The second-order valence-electron chi connectivity index (χ2n) is 5.29. The summed E-state index contributed by atoms with van der Waals surface area (Å²) in [6.45, 7) is 7.78. The molecule has 0 aliphatic carbocycles. The van der Waals surface area contributed by atoms with Gasteiger partial charge in [-0.15, -0.1) is 0 Å². The van der Waals surface area contributed by atoms with Gasteiger partial charge in [0.05, 0.1) is 6.04 Å². The minimum atomic E-state index is -0.859. The van der Waals surface area contributed by atoms with Gasteiger partial charge in [0.1, 0.15) is 0 Å². The molecule has 0 aromatic carbocycles. The molecule has 0 saturated carbocycles. The van der Waals surface area contributed by atoms with Gasteiger partial charge in [-0.05, 0) is 11.3 Å². The smallest absolute Gasteiger partial charge is 0.303 e. The molecule has 0 bridgehead atoms. The summed E-state index contributed by atoms with van der Waals surface area (Å²) in [7, 11) is 0. The van der Waals surface area contributed by atoms with E-state index in [-0.39, 0.29) is 23.7 Å². The first kappa shape index (κ1) is 14.9. The summed E-state index contributed by atoms with van der Waals surface area (Å²) in [5, 5.41) is 11.2. The van der Waals surface area contributed by atoms with E-state index in [9.17, 15) is 9.59 Å². The fraction of sp³-hybridized carbons (Fsp3) is 0.818. The first-order chi connectivity index (χ1) is 7.14.